The molecule has 7 nitrogen and oxygen atoms in total. The van der Waals surface area contributed by atoms with Crippen LogP contribution in [-0.2, 0) is 11.3 Å². The highest BCUT2D eigenvalue weighted by Gasteiger charge is 2.40. The SMILES string of the molecule is O=C1C2=C(Cn3ccnc3)Nc3ccccc3N2NN1c1ccc(F)cc1. The molecule has 0 bridgehead atoms. The van der Waals surface area contributed by atoms with Gasteiger partial charge in [0.15, 0.2) is 0 Å². The highest BCUT2D eigenvalue weighted by molar-refractivity contribution is 6.12. The molecule has 27 heavy (non-hydrogen) atoms. The van der Waals surface area contributed by atoms with Crippen molar-refractivity contribution in [3.63, 3.8) is 0 Å². The fraction of sp³-hybridized carbons (Fsp3) is 0.0526. The van der Waals surface area contributed by atoms with Gasteiger partial charge in [-0.3, -0.25) is 4.79 Å². The quantitative estimate of drug-likeness (QED) is 0.750. The first-order valence-corrected chi connectivity index (χ1v) is 8.42. The van der Waals surface area contributed by atoms with Gasteiger partial charge in [-0.25, -0.2) is 19.4 Å². The molecule has 0 aliphatic carbocycles. The minimum absolute atomic E-state index is 0.223. The lowest BCUT2D eigenvalue weighted by Gasteiger charge is -2.29. The zero-order chi connectivity index (χ0) is 18.4. The van der Waals surface area contributed by atoms with Crippen molar-refractivity contribution in [2.75, 3.05) is 15.3 Å². The monoisotopic (exact) mass is 362 g/mol. The molecule has 0 radical (unpaired) electrons. The summed E-state index contributed by atoms with van der Waals surface area (Å²) in [4.78, 5) is 17.2. The molecule has 0 spiro atoms. The van der Waals surface area contributed by atoms with Crippen LogP contribution < -0.4 is 20.9 Å². The van der Waals surface area contributed by atoms with Crippen molar-refractivity contribution in [1.82, 2.24) is 15.1 Å². The van der Waals surface area contributed by atoms with Crippen LogP contribution in [0, 0.1) is 5.82 Å². The fourth-order valence-corrected chi connectivity index (χ4v) is 3.27. The first-order valence-electron chi connectivity index (χ1n) is 8.42. The molecular weight excluding hydrogens is 347 g/mol. The van der Waals surface area contributed by atoms with Gasteiger partial charge in [-0.15, -0.1) is 5.53 Å². The molecule has 8 heteroatoms. The summed E-state index contributed by atoms with van der Waals surface area (Å²) in [5.74, 6) is -0.575. The van der Waals surface area contributed by atoms with E-state index in [-0.39, 0.29) is 11.7 Å². The molecule has 0 saturated carbocycles. The summed E-state index contributed by atoms with van der Waals surface area (Å²) < 4.78 is 15.2. The Kier molecular flexibility index (Phi) is 3.44. The predicted octanol–water partition coefficient (Wildman–Crippen LogP) is 2.63. The number of hydrazine groups is 2. The number of hydrogen-bond acceptors (Lipinski definition) is 5. The topological polar surface area (TPSA) is 65.4 Å². The number of aromatic nitrogens is 2. The van der Waals surface area contributed by atoms with E-state index in [0.29, 0.717) is 17.9 Å². The number of halogens is 1. The summed E-state index contributed by atoms with van der Waals surface area (Å²) in [5, 5.41) is 6.52. The molecule has 2 aromatic carbocycles. The Morgan fingerprint density at radius 3 is 2.63 bits per heavy atom. The van der Waals surface area contributed by atoms with Crippen LogP contribution in [-0.4, -0.2) is 15.5 Å². The second kappa shape index (κ2) is 5.96. The number of fused-ring (bicyclic) bond motifs is 3. The summed E-state index contributed by atoms with van der Waals surface area (Å²) in [6, 6.07) is 13.5. The van der Waals surface area contributed by atoms with Crippen molar-refractivity contribution in [3.05, 3.63) is 84.5 Å². The van der Waals surface area contributed by atoms with Gasteiger partial charge in [0.2, 0.25) is 0 Å². The highest BCUT2D eigenvalue weighted by atomic mass is 19.1. The lowest BCUT2D eigenvalue weighted by molar-refractivity contribution is -0.114. The van der Waals surface area contributed by atoms with Crippen molar-refractivity contribution in [3.8, 4) is 0 Å². The first kappa shape index (κ1) is 15.6. The second-order valence-corrected chi connectivity index (χ2v) is 6.26. The molecule has 1 aromatic heterocycles. The van der Waals surface area contributed by atoms with Crippen molar-refractivity contribution in [1.29, 1.82) is 0 Å². The third kappa shape index (κ3) is 2.54. The van der Waals surface area contributed by atoms with E-state index >= 15 is 0 Å². The summed E-state index contributed by atoms with van der Waals surface area (Å²) in [5.41, 5.74) is 6.63. The minimum Gasteiger partial charge on any atom is -0.354 e. The van der Waals surface area contributed by atoms with Crippen molar-refractivity contribution in [2.45, 2.75) is 6.54 Å². The van der Waals surface area contributed by atoms with E-state index in [4.69, 9.17) is 0 Å². The van der Waals surface area contributed by atoms with Crippen LogP contribution in [0.3, 0.4) is 0 Å². The number of allylic oxidation sites excluding steroid dienone is 1. The van der Waals surface area contributed by atoms with Crippen LogP contribution in [0.15, 0.2) is 78.6 Å². The Bertz CT molecular complexity index is 1040. The van der Waals surface area contributed by atoms with Crippen molar-refractivity contribution < 1.29 is 9.18 Å². The minimum atomic E-state index is -0.352. The van der Waals surface area contributed by atoms with Gasteiger partial charge in [0, 0.05) is 12.4 Å². The number of anilines is 3. The molecule has 2 N–H and O–H groups in total. The number of nitrogens with one attached hydrogen (secondary N) is 2. The lowest BCUT2D eigenvalue weighted by atomic mass is 10.1. The molecule has 1 fully saturated rings. The number of benzene rings is 2. The van der Waals surface area contributed by atoms with Gasteiger partial charge in [-0.1, -0.05) is 12.1 Å². The van der Waals surface area contributed by atoms with E-state index in [9.17, 15) is 9.18 Å². The zero-order valence-electron chi connectivity index (χ0n) is 14.1. The lowest BCUT2D eigenvalue weighted by Crippen LogP contribution is -2.41. The molecule has 5 rings (SSSR count). The summed E-state index contributed by atoms with van der Waals surface area (Å²) >= 11 is 0. The molecule has 2 aliphatic heterocycles. The van der Waals surface area contributed by atoms with E-state index in [1.54, 1.807) is 29.7 Å². The summed E-state index contributed by atoms with van der Waals surface area (Å²) in [6.45, 7) is 0.463. The largest absolute Gasteiger partial charge is 0.354 e. The maximum absolute atomic E-state index is 13.3. The number of amides is 1. The molecule has 1 amide bonds. The number of carbonyl (C=O) groups excluding carboxylic acids is 1. The molecule has 3 heterocycles. The van der Waals surface area contributed by atoms with E-state index in [0.717, 1.165) is 17.1 Å². The average molecular weight is 362 g/mol. The second-order valence-electron chi connectivity index (χ2n) is 6.26. The van der Waals surface area contributed by atoms with Crippen LogP contribution in [0.4, 0.5) is 21.5 Å². The Balaban J connectivity index is 1.60. The first-order chi connectivity index (χ1) is 13.2. The van der Waals surface area contributed by atoms with Crippen LogP contribution in [0.1, 0.15) is 0 Å². The van der Waals surface area contributed by atoms with E-state index in [1.807, 2.05) is 35.0 Å². The fourth-order valence-electron chi connectivity index (χ4n) is 3.27. The number of carbonyl (C=O) groups is 1. The Morgan fingerprint density at radius 2 is 1.85 bits per heavy atom. The van der Waals surface area contributed by atoms with E-state index < -0.39 is 0 Å². The molecule has 134 valence electrons. The van der Waals surface area contributed by atoms with Gasteiger partial charge in [-0.05, 0) is 36.4 Å². The Hall–Kier alpha value is -3.65. The zero-order valence-corrected chi connectivity index (χ0v) is 14.1. The number of hydrogen-bond donors (Lipinski definition) is 2. The Morgan fingerprint density at radius 1 is 1.04 bits per heavy atom. The smallest absolute Gasteiger partial charge is 0.294 e. The third-order valence-corrected chi connectivity index (χ3v) is 4.53. The highest BCUT2D eigenvalue weighted by Crippen LogP contribution is 2.38. The molecule has 3 aromatic rings. The van der Waals surface area contributed by atoms with Gasteiger partial charge in [0.1, 0.15) is 11.5 Å². The average Bonchev–Trinajstić information content (AvgIpc) is 3.31. The van der Waals surface area contributed by atoms with Crippen molar-refractivity contribution in [2.24, 2.45) is 0 Å². The van der Waals surface area contributed by atoms with Crippen LogP contribution in [0.25, 0.3) is 0 Å². The summed E-state index contributed by atoms with van der Waals surface area (Å²) in [6.07, 6.45) is 5.23. The van der Waals surface area contributed by atoms with Gasteiger partial charge < -0.3 is 9.88 Å². The van der Waals surface area contributed by atoms with E-state index in [2.05, 4.69) is 15.8 Å². The van der Waals surface area contributed by atoms with Crippen LogP contribution >= 0.6 is 0 Å². The van der Waals surface area contributed by atoms with E-state index in [1.165, 1.54) is 17.1 Å². The predicted molar refractivity (Wildman–Crippen MR) is 98.8 cm³/mol. The maximum Gasteiger partial charge on any atom is 0.294 e. The molecule has 2 aliphatic rings. The van der Waals surface area contributed by atoms with Crippen LogP contribution in [0.2, 0.25) is 0 Å². The van der Waals surface area contributed by atoms with Gasteiger partial charge in [0.05, 0.1) is 35.6 Å². The van der Waals surface area contributed by atoms with Crippen LogP contribution in [0.5, 0.6) is 0 Å². The van der Waals surface area contributed by atoms with Gasteiger partial charge in [-0.2, -0.15) is 0 Å². The van der Waals surface area contributed by atoms with Crippen molar-refractivity contribution >= 4 is 23.0 Å². The molecule has 0 unspecified atom stereocenters. The standard InChI is InChI=1S/C19H15FN6O/c20-13-5-7-14(8-6-13)25-19(27)18-16(11-24-10-9-21-12-24)22-15-3-1-2-4-17(15)26(18)23-25/h1-10,12,22-23H,11H2. The number of nitrogens with zero attached hydrogens (tertiary/aromatic N) is 4. The molecule has 1 saturated heterocycles. The Labute approximate surface area is 154 Å². The van der Waals surface area contributed by atoms with Gasteiger partial charge in [0.25, 0.3) is 5.91 Å². The number of rotatable bonds is 3. The van der Waals surface area contributed by atoms with Gasteiger partial charge >= 0.3 is 0 Å². The number of para-hydroxylation sites is 2. The molecular formula is C19H15FN6O. The molecule has 0 atom stereocenters. The third-order valence-electron chi connectivity index (χ3n) is 4.53. The number of imidazole rings is 1. The normalized spacial score (nSPS) is 15.7. The summed E-state index contributed by atoms with van der Waals surface area (Å²) in [7, 11) is 0. The maximum atomic E-state index is 13.3.